The fourth-order valence-electron chi connectivity index (χ4n) is 5.68. The van der Waals surface area contributed by atoms with E-state index >= 15 is 0 Å². The zero-order valence-electron chi connectivity index (χ0n) is 17.8. The maximum Gasteiger partial charge on any atom is 0.246 e. The van der Waals surface area contributed by atoms with Crippen LogP contribution >= 0.6 is 0 Å². The third-order valence-electron chi connectivity index (χ3n) is 7.46. The van der Waals surface area contributed by atoms with Gasteiger partial charge in [-0.05, 0) is 73.5 Å². The van der Waals surface area contributed by atoms with E-state index in [1.807, 2.05) is 30.2 Å². The maximum atomic E-state index is 13.2. The number of phenols is 1. The average molecular weight is 407 g/mol. The number of rotatable bonds is 5. The summed E-state index contributed by atoms with van der Waals surface area (Å²) in [7, 11) is 1.94. The van der Waals surface area contributed by atoms with Gasteiger partial charge in [-0.25, -0.2) is 0 Å². The summed E-state index contributed by atoms with van der Waals surface area (Å²) >= 11 is 0. The van der Waals surface area contributed by atoms with Gasteiger partial charge in [0.15, 0.2) is 0 Å². The molecule has 2 aliphatic carbocycles. The normalized spacial score (nSPS) is 28.5. The van der Waals surface area contributed by atoms with Gasteiger partial charge in [-0.3, -0.25) is 9.69 Å². The molecule has 1 amide bonds. The highest BCUT2D eigenvalue weighted by molar-refractivity contribution is 5.92. The van der Waals surface area contributed by atoms with Crippen LogP contribution in [0.5, 0.6) is 5.75 Å². The molecule has 1 N–H and O–H groups in total. The summed E-state index contributed by atoms with van der Waals surface area (Å²) in [5.41, 5.74) is 3.22. The van der Waals surface area contributed by atoms with E-state index in [2.05, 4.69) is 17.9 Å². The van der Waals surface area contributed by atoms with Gasteiger partial charge in [0.1, 0.15) is 5.75 Å². The first-order valence-corrected chi connectivity index (χ1v) is 11.0. The van der Waals surface area contributed by atoms with Crippen molar-refractivity contribution < 1.29 is 14.3 Å². The van der Waals surface area contributed by atoms with Crippen molar-refractivity contribution in [2.75, 3.05) is 20.1 Å². The molecular formula is C25H30N2O3. The molecule has 2 heterocycles. The number of piperidine rings is 1. The van der Waals surface area contributed by atoms with E-state index < -0.39 is 0 Å². The second-order valence-corrected chi connectivity index (χ2v) is 9.50. The van der Waals surface area contributed by atoms with Crippen molar-refractivity contribution in [2.45, 2.75) is 50.1 Å². The van der Waals surface area contributed by atoms with Gasteiger partial charge in [0.25, 0.3) is 0 Å². The minimum atomic E-state index is -0.176. The molecule has 1 aromatic heterocycles. The highest BCUT2D eigenvalue weighted by Crippen LogP contribution is 2.48. The van der Waals surface area contributed by atoms with E-state index in [0.29, 0.717) is 11.8 Å². The fourth-order valence-corrected chi connectivity index (χ4v) is 5.68. The van der Waals surface area contributed by atoms with E-state index in [0.717, 1.165) is 37.4 Å². The monoisotopic (exact) mass is 406 g/mol. The topological polar surface area (TPSA) is 56.9 Å². The van der Waals surface area contributed by atoms with Gasteiger partial charge in [0.2, 0.25) is 5.91 Å². The van der Waals surface area contributed by atoms with Crippen LogP contribution in [0.2, 0.25) is 0 Å². The Labute approximate surface area is 178 Å². The summed E-state index contributed by atoms with van der Waals surface area (Å²) in [5.74, 6) is 1.13. The number of aromatic hydroxyl groups is 1. The molecular weight excluding hydrogens is 376 g/mol. The number of nitrogens with zero attached hydrogens (tertiary/aromatic N) is 2. The number of likely N-dealkylation sites (N-methyl/N-ethyl adjacent to an activating group) is 1. The van der Waals surface area contributed by atoms with Crippen LogP contribution in [0.1, 0.15) is 42.9 Å². The minimum Gasteiger partial charge on any atom is -0.508 e. The maximum absolute atomic E-state index is 13.2. The number of amides is 1. The quantitative estimate of drug-likeness (QED) is 0.767. The molecule has 2 fully saturated rings. The van der Waals surface area contributed by atoms with Crippen LogP contribution in [-0.2, 0) is 16.6 Å². The van der Waals surface area contributed by atoms with E-state index in [-0.39, 0.29) is 17.4 Å². The van der Waals surface area contributed by atoms with Crippen LogP contribution in [-0.4, -0.2) is 53.0 Å². The molecule has 0 radical (unpaired) electrons. The van der Waals surface area contributed by atoms with E-state index in [1.54, 1.807) is 24.7 Å². The third-order valence-corrected chi connectivity index (χ3v) is 7.46. The van der Waals surface area contributed by atoms with E-state index in [4.69, 9.17) is 4.42 Å². The van der Waals surface area contributed by atoms with Gasteiger partial charge in [-0.15, -0.1) is 0 Å². The van der Waals surface area contributed by atoms with Crippen LogP contribution < -0.4 is 0 Å². The van der Waals surface area contributed by atoms with Crippen molar-refractivity contribution in [3.05, 3.63) is 59.6 Å². The van der Waals surface area contributed by atoms with Crippen molar-refractivity contribution in [1.82, 2.24) is 9.80 Å². The Hall–Kier alpha value is -2.53. The molecule has 1 saturated carbocycles. The van der Waals surface area contributed by atoms with Crippen molar-refractivity contribution in [3.63, 3.8) is 0 Å². The lowest BCUT2D eigenvalue weighted by atomic mass is 9.61. The molecule has 3 atom stereocenters. The Morgan fingerprint density at radius 1 is 1.37 bits per heavy atom. The van der Waals surface area contributed by atoms with E-state index in [1.165, 1.54) is 24.0 Å². The van der Waals surface area contributed by atoms with Crippen LogP contribution in [0.4, 0.5) is 0 Å². The summed E-state index contributed by atoms with van der Waals surface area (Å²) in [6.07, 6.45) is 11.3. The number of furan rings is 1. The molecule has 158 valence electrons. The average Bonchev–Trinajstić information content (AvgIpc) is 3.39. The number of carbonyl (C=O) groups is 1. The zero-order valence-corrected chi connectivity index (χ0v) is 17.8. The predicted octanol–water partition coefficient (Wildman–Crippen LogP) is 3.82. The Morgan fingerprint density at radius 2 is 2.20 bits per heavy atom. The van der Waals surface area contributed by atoms with Gasteiger partial charge in [0.05, 0.1) is 18.6 Å². The summed E-state index contributed by atoms with van der Waals surface area (Å²) in [5, 5.41) is 10.2. The number of likely N-dealkylation sites (tertiary alicyclic amines) is 1. The summed E-state index contributed by atoms with van der Waals surface area (Å²) < 4.78 is 5.10. The Morgan fingerprint density at radius 3 is 2.93 bits per heavy atom. The van der Waals surface area contributed by atoms with E-state index in [9.17, 15) is 9.90 Å². The first kappa shape index (κ1) is 19.4. The molecule has 2 unspecified atom stereocenters. The molecule has 5 rings (SSSR count). The standard InChI is InChI=1S/C25H30N2O3/c1-25-10-11-27(15-17-3-4-17)22(13-19-6-7-20(28)14-21(19)25)24(25)26(2)23(29)8-5-18-9-12-30-16-18/h5-9,12,14,16-17,22,24,28H,3-4,10-11,13,15H2,1-2H3/t22?,24-,25?/m1/s1. The van der Waals surface area contributed by atoms with Gasteiger partial charge < -0.3 is 14.4 Å². The van der Waals surface area contributed by atoms with Gasteiger partial charge in [0, 0.05) is 36.7 Å². The first-order valence-electron chi connectivity index (χ1n) is 11.0. The SMILES string of the molecule is CN(C(=O)C=Cc1ccoc1)[C@@H]1C2Cc3ccc(O)cc3C1(C)CCN2CC1CC1. The molecule has 1 aliphatic heterocycles. The molecule has 1 aromatic carbocycles. The third kappa shape index (κ3) is 3.35. The van der Waals surface area contributed by atoms with Crippen molar-refractivity contribution >= 4 is 12.0 Å². The Bertz CT molecular complexity index is 963. The number of fused-ring (bicyclic) bond motifs is 4. The van der Waals surface area contributed by atoms with Crippen molar-refractivity contribution in [2.24, 2.45) is 5.92 Å². The molecule has 0 spiro atoms. The van der Waals surface area contributed by atoms with Crippen LogP contribution in [0.3, 0.4) is 0 Å². The molecule has 5 heteroatoms. The summed E-state index contributed by atoms with van der Waals surface area (Å²) in [6, 6.07) is 8.02. The molecule has 5 nitrogen and oxygen atoms in total. The van der Waals surface area contributed by atoms with Crippen LogP contribution in [0.25, 0.3) is 6.08 Å². The highest BCUT2D eigenvalue weighted by atomic mass is 16.3. The number of carbonyl (C=O) groups excluding carboxylic acids is 1. The lowest BCUT2D eigenvalue weighted by Gasteiger charge is -2.58. The number of hydrogen-bond acceptors (Lipinski definition) is 4. The fraction of sp³-hybridized carbons (Fsp3) is 0.480. The summed E-state index contributed by atoms with van der Waals surface area (Å²) in [6.45, 7) is 4.47. The minimum absolute atomic E-state index is 0.00861. The lowest BCUT2D eigenvalue weighted by Crippen LogP contribution is -2.68. The molecule has 1 saturated heterocycles. The largest absolute Gasteiger partial charge is 0.508 e. The zero-order chi connectivity index (χ0) is 20.9. The van der Waals surface area contributed by atoms with Gasteiger partial charge in [-0.1, -0.05) is 13.0 Å². The number of benzene rings is 1. The number of hydrogen-bond donors (Lipinski definition) is 1. The number of phenolic OH excluding ortho intramolecular Hbond substituents is 1. The van der Waals surface area contributed by atoms with Crippen LogP contribution in [0.15, 0.2) is 47.3 Å². The Balaban J connectivity index is 1.49. The predicted molar refractivity (Wildman–Crippen MR) is 116 cm³/mol. The van der Waals surface area contributed by atoms with Crippen LogP contribution in [0, 0.1) is 5.92 Å². The second-order valence-electron chi connectivity index (χ2n) is 9.50. The highest BCUT2D eigenvalue weighted by Gasteiger charge is 2.53. The smallest absolute Gasteiger partial charge is 0.246 e. The molecule has 3 aliphatic rings. The van der Waals surface area contributed by atoms with Gasteiger partial charge in [-0.2, -0.15) is 0 Å². The molecule has 30 heavy (non-hydrogen) atoms. The van der Waals surface area contributed by atoms with Gasteiger partial charge >= 0.3 is 0 Å². The second kappa shape index (κ2) is 7.31. The first-order chi connectivity index (χ1) is 14.5. The van der Waals surface area contributed by atoms with Crippen molar-refractivity contribution in [3.8, 4) is 5.75 Å². The lowest BCUT2D eigenvalue weighted by molar-refractivity contribution is -0.132. The Kier molecular flexibility index (Phi) is 4.73. The summed E-state index contributed by atoms with van der Waals surface area (Å²) in [4.78, 5) is 17.7. The molecule has 2 aromatic rings. The molecule has 2 bridgehead atoms. The van der Waals surface area contributed by atoms with Crippen molar-refractivity contribution in [1.29, 1.82) is 0 Å².